The van der Waals surface area contributed by atoms with Crippen molar-refractivity contribution < 1.29 is 18.0 Å². The Balaban J connectivity index is 3.63. The molecular formula is C7H10F3N3O. The normalized spacial score (nSPS) is 12.8. The van der Waals surface area contributed by atoms with Crippen molar-refractivity contribution in [3.8, 4) is 6.07 Å². The summed E-state index contributed by atoms with van der Waals surface area (Å²) < 4.78 is 34.8. The molecule has 80 valence electrons. The van der Waals surface area contributed by atoms with Crippen molar-refractivity contribution >= 4 is 6.03 Å². The molecule has 0 bridgehead atoms. The first kappa shape index (κ1) is 12.6. The molecule has 0 aliphatic heterocycles. The highest BCUT2D eigenvalue weighted by Crippen LogP contribution is 2.11. The Kier molecular flexibility index (Phi) is 4.77. The number of alkyl halides is 3. The van der Waals surface area contributed by atoms with Gasteiger partial charge in [0, 0.05) is 6.54 Å². The Morgan fingerprint density at radius 1 is 1.50 bits per heavy atom. The van der Waals surface area contributed by atoms with E-state index in [-0.39, 0.29) is 6.54 Å². The van der Waals surface area contributed by atoms with Gasteiger partial charge in [0.05, 0.1) is 12.0 Å². The average molecular weight is 209 g/mol. The summed E-state index contributed by atoms with van der Waals surface area (Å²) in [7, 11) is 0. The van der Waals surface area contributed by atoms with Crippen molar-refractivity contribution in [3.63, 3.8) is 0 Å². The maximum Gasteiger partial charge on any atom is 0.405 e. The quantitative estimate of drug-likeness (QED) is 0.728. The summed E-state index contributed by atoms with van der Waals surface area (Å²) in [5, 5.41) is 12.1. The summed E-state index contributed by atoms with van der Waals surface area (Å²) in [6.07, 6.45) is -4.42. The number of nitrogens with one attached hydrogen (secondary N) is 2. The molecular weight excluding hydrogens is 199 g/mol. The van der Waals surface area contributed by atoms with E-state index in [4.69, 9.17) is 5.26 Å². The largest absolute Gasteiger partial charge is 0.405 e. The van der Waals surface area contributed by atoms with Crippen molar-refractivity contribution in [3.05, 3.63) is 0 Å². The van der Waals surface area contributed by atoms with E-state index < -0.39 is 24.7 Å². The molecule has 0 aliphatic rings. The lowest BCUT2D eigenvalue weighted by Crippen LogP contribution is -2.42. The molecule has 2 amide bonds. The van der Waals surface area contributed by atoms with Crippen molar-refractivity contribution in [1.82, 2.24) is 10.6 Å². The number of carbonyl (C=O) groups excluding carboxylic acids is 1. The smallest absolute Gasteiger partial charge is 0.337 e. The summed E-state index contributed by atoms with van der Waals surface area (Å²) in [5.74, 6) is -0.424. The maximum absolute atomic E-state index is 11.6. The lowest BCUT2D eigenvalue weighted by molar-refractivity contribution is -0.122. The van der Waals surface area contributed by atoms with Gasteiger partial charge in [-0.2, -0.15) is 18.4 Å². The van der Waals surface area contributed by atoms with Crippen LogP contribution in [0.4, 0.5) is 18.0 Å². The molecule has 2 N–H and O–H groups in total. The molecule has 1 atom stereocenters. The second-order valence-electron chi connectivity index (χ2n) is 2.71. The molecule has 0 spiro atoms. The summed E-state index contributed by atoms with van der Waals surface area (Å²) in [5.41, 5.74) is 0. The van der Waals surface area contributed by atoms with E-state index >= 15 is 0 Å². The zero-order chi connectivity index (χ0) is 11.2. The monoisotopic (exact) mass is 209 g/mol. The van der Waals surface area contributed by atoms with Gasteiger partial charge in [-0.05, 0) is 6.92 Å². The Bertz CT molecular complexity index is 233. The zero-order valence-corrected chi connectivity index (χ0v) is 7.48. The summed E-state index contributed by atoms with van der Waals surface area (Å²) in [4.78, 5) is 10.7. The first-order chi connectivity index (χ1) is 6.35. The summed E-state index contributed by atoms with van der Waals surface area (Å²) >= 11 is 0. The molecule has 4 nitrogen and oxygen atoms in total. The minimum atomic E-state index is -4.42. The molecule has 7 heteroatoms. The number of nitriles is 1. The molecule has 0 saturated carbocycles. The third-order valence-electron chi connectivity index (χ3n) is 1.24. The van der Waals surface area contributed by atoms with Crippen LogP contribution >= 0.6 is 0 Å². The van der Waals surface area contributed by atoms with Crippen LogP contribution in [0.15, 0.2) is 0 Å². The Labute approximate surface area is 79.1 Å². The average Bonchev–Trinajstić information content (AvgIpc) is 2.09. The van der Waals surface area contributed by atoms with Crippen LogP contribution in [0.5, 0.6) is 0 Å². The molecule has 14 heavy (non-hydrogen) atoms. The van der Waals surface area contributed by atoms with Crippen molar-refractivity contribution in [2.24, 2.45) is 5.92 Å². The molecule has 0 aromatic rings. The van der Waals surface area contributed by atoms with Crippen LogP contribution < -0.4 is 10.6 Å². The van der Waals surface area contributed by atoms with Gasteiger partial charge in [-0.3, -0.25) is 0 Å². The highest BCUT2D eigenvalue weighted by Gasteiger charge is 2.27. The molecule has 0 rings (SSSR count). The first-order valence-corrected chi connectivity index (χ1v) is 3.83. The molecule has 0 aromatic carbocycles. The molecule has 0 saturated heterocycles. The highest BCUT2D eigenvalue weighted by atomic mass is 19.4. The van der Waals surface area contributed by atoms with E-state index in [9.17, 15) is 18.0 Å². The van der Waals surface area contributed by atoms with E-state index in [2.05, 4.69) is 5.32 Å². The van der Waals surface area contributed by atoms with E-state index in [1.807, 2.05) is 6.07 Å². The summed E-state index contributed by atoms with van der Waals surface area (Å²) in [6.45, 7) is 0.198. The minimum Gasteiger partial charge on any atom is -0.337 e. The van der Waals surface area contributed by atoms with Crippen LogP contribution in [0.25, 0.3) is 0 Å². The number of urea groups is 1. The molecule has 0 fully saturated rings. The number of rotatable bonds is 3. The van der Waals surface area contributed by atoms with Gasteiger partial charge in [-0.15, -0.1) is 0 Å². The molecule has 1 unspecified atom stereocenters. The molecule has 0 aliphatic carbocycles. The van der Waals surface area contributed by atoms with Crippen LogP contribution in [0.1, 0.15) is 6.92 Å². The van der Waals surface area contributed by atoms with Crippen molar-refractivity contribution in [2.45, 2.75) is 13.1 Å². The molecule has 0 radical (unpaired) electrons. The fraction of sp³-hybridized carbons (Fsp3) is 0.714. The second kappa shape index (κ2) is 5.32. The van der Waals surface area contributed by atoms with E-state index in [1.165, 1.54) is 0 Å². The van der Waals surface area contributed by atoms with Crippen LogP contribution in [-0.2, 0) is 0 Å². The first-order valence-electron chi connectivity index (χ1n) is 3.83. The fourth-order valence-electron chi connectivity index (χ4n) is 0.534. The number of carbonyl (C=O) groups is 1. The minimum absolute atomic E-state index is 0.0280. The van der Waals surface area contributed by atoms with E-state index in [1.54, 1.807) is 12.2 Å². The number of halogens is 3. The van der Waals surface area contributed by atoms with Crippen molar-refractivity contribution in [1.29, 1.82) is 5.26 Å². The maximum atomic E-state index is 11.6. The lowest BCUT2D eigenvalue weighted by atomic mass is 10.2. The Morgan fingerprint density at radius 2 is 2.07 bits per heavy atom. The molecule has 0 heterocycles. The second-order valence-corrected chi connectivity index (χ2v) is 2.71. The van der Waals surface area contributed by atoms with Crippen LogP contribution in [0.2, 0.25) is 0 Å². The van der Waals surface area contributed by atoms with Gasteiger partial charge in [0.15, 0.2) is 0 Å². The lowest BCUT2D eigenvalue weighted by Gasteiger charge is -2.09. The van der Waals surface area contributed by atoms with Gasteiger partial charge in [0.25, 0.3) is 0 Å². The van der Waals surface area contributed by atoms with Gasteiger partial charge < -0.3 is 10.6 Å². The fourth-order valence-corrected chi connectivity index (χ4v) is 0.534. The van der Waals surface area contributed by atoms with Gasteiger partial charge in [-0.1, -0.05) is 0 Å². The predicted octanol–water partition coefficient (Wildman–Crippen LogP) is 1.01. The van der Waals surface area contributed by atoms with Crippen LogP contribution in [0, 0.1) is 17.2 Å². The van der Waals surface area contributed by atoms with E-state index in [0.717, 1.165) is 0 Å². The Hall–Kier alpha value is -1.45. The SMILES string of the molecule is CC(C#N)CNC(=O)NCC(F)(F)F. The zero-order valence-electron chi connectivity index (χ0n) is 7.48. The van der Waals surface area contributed by atoms with Gasteiger partial charge in [0.2, 0.25) is 0 Å². The van der Waals surface area contributed by atoms with Gasteiger partial charge in [-0.25, -0.2) is 4.79 Å². The van der Waals surface area contributed by atoms with E-state index in [0.29, 0.717) is 0 Å². The number of hydrogen-bond acceptors (Lipinski definition) is 2. The highest BCUT2D eigenvalue weighted by molar-refractivity contribution is 5.73. The number of hydrogen-bond donors (Lipinski definition) is 2. The van der Waals surface area contributed by atoms with Gasteiger partial charge >= 0.3 is 12.2 Å². The standard InChI is InChI=1S/C7H10F3N3O/c1-5(2-11)3-12-6(14)13-4-7(8,9)10/h5H,3-4H2,1H3,(H2,12,13,14). The summed E-state index contributed by atoms with van der Waals surface area (Å²) in [6, 6.07) is 0.901. The topological polar surface area (TPSA) is 64.9 Å². The van der Waals surface area contributed by atoms with Crippen LogP contribution in [0.3, 0.4) is 0 Å². The Morgan fingerprint density at radius 3 is 2.50 bits per heavy atom. The third kappa shape index (κ3) is 7.21. The predicted molar refractivity (Wildman–Crippen MR) is 42.2 cm³/mol. The molecule has 0 aromatic heterocycles. The van der Waals surface area contributed by atoms with Crippen molar-refractivity contribution in [2.75, 3.05) is 13.1 Å². The van der Waals surface area contributed by atoms with Crippen LogP contribution in [-0.4, -0.2) is 25.3 Å². The number of amides is 2. The van der Waals surface area contributed by atoms with Gasteiger partial charge in [0.1, 0.15) is 6.54 Å². The third-order valence-corrected chi connectivity index (χ3v) is 1.24. The number of nitrogens with zero attached hydrogens (tertiary/aromatic N) is 1.